The maximum absolute atomic E-state index is 12.5. The average molecular weight is 580 g/mol. The van der Waals surface area contributed by atoms with E-state index in [9.17, 15) is 9.90 Å². The van der Waals surface area contributed by atoms with Gasteiger partial charge < -0.3 is 24.8 Å². The first-order valence-electron chi connectivity index (χ1n) is 14.8. The van der Waals surface area contributed by atoms with Crippen LogP contribution in [0.3, 0.4) is 0 Å². The molecule has 1 aromatic heterocycles. The van der Waals surface area contributed by atoms with Crippen molar-refractivity contribution in [2.75, 3.05) is 37.6 Å². The van der Waals surface area contributed by atoms with Crippen molar-refractivity contribution in [1.82, 2.24) is 20.2 Å². The molecule has 0 aliphatic carbocycles. The van der Waals surface area contributed by atoms with Crippen molar-refractivity contribution in [2.45, 2.75) is 38.1 Å². The molecule has 0 unspecified atom stereocenters. The van der Waals surface area contributed by atoms with E-state index < -0.39 is 6.29 Å². The molecule has 0 bridgehead atoms. The summed E-state index contributed by atoms with van der Waals surface area (Å²) in [6, 6.07) is 27.1. The minimum Gasteiger partial charge on any atom is -0.392 e. The van der Waals surface area contributed by atoms with Crippen molar-refractivity contribution in [3.63, 3.8) is 0 Å². The number of aliphatic hydroxyl groups excluding tert-OH is 1. The largest absolute Gasteiger partial charge is 0.392 e. The van der Waals surface area contributed by atoms with Gasteiger partial charge >= 0.3 is 0 Å². The summed E-state index contributed by atoms with van der Waals surface area (Å²) in [6.07, 6.45) is 3.62. The van der Waals surface area contributed by atoms with Crippen molar-refractivity contribution in [2.24, 2.45) is 0 Å². The third kappa shape index (κ3) is 7.44. The van der Waals surface area contributed by atoms with Crippen LogP contribution in [0.5, 0.6) is 0 Å². The van der Waals surface area contributed by atoms with Crippen molar-refractivity contribution >= 4 is 11.9 Å². The van der Waals surface area contributed by atoms with Crippen LogP contribution in [0.2, 0.25) is 0 Å². The molecule has 2 fully saturated rings. The van der Waals surface area contributed by atoms with Crippen molar-refractivity contribution < 1.29 is 19.4 Å². The maximum atomic E-state index is 12.5. The number of anilines is 1. The van der Waals surface area contributed by atoms with E-state index in [1.54, 1.807) is 24.5 Å². The Morgan fingerprint density at radius 3 is 2.19 bits per heavy atom. The average Bonchev–Trinajstić information content (AvgIpc) is 3.08. The molecule has 0 spiro atoms. The zero-order chi connectivity index (χ0) is 29.4. The SMILES string of the molecule is O=C(NCc1ccc([C@@H]2O[C@H](CN3CCN(c4ncccn4)CC3)C[C@H](c3ccc(CO)cc3)O2)cc1)c1ccccc1. The fourth-order valence-electron chi connectivity index (χ4n) is 5.57. The highest BCUT2D eigenvalue weighted by Crippen LogP contribution is 2.38. The zero-order valence-corrected chi connectivity index (χ0v) is 24.1. The molecule has 3 atom stereocenters. The second kappa shape index (κ2) is 13.9. The number of benzene rings is 3. The number of aromatic nitrogens is 2. The van der Waals surface area contributed by atoms with Gasteiger partial charge in [-0.05, 0) is 34.9 Å². The van der Waals surface area contributed by atoms with Gasteiger partial charge in [0.2, 0.25) is 5.95 Å². The topological polar surface area (TPSA) is 100 Å². The van der Waals surface area contributed by atoms with E-state index in [-0.39, 0.29) is 24.7 Å². The van der Waals surface area contributed by atoms with Gasteiger partial charge in [-0.2, -0.15) is 0 Å². The molecule has 1 amide bonds. The van der Waals surface area contributed by atoms with E-state index in [4.69, 9.17) is 9.47 Å². The highest BCUT2D eigenvalue weighted by atomic mass is 16.7. The van der Waals surface area contributed by atoms with Crippen LogP contribution in [-0.4, -0.2) is 64.7 Å². The van der Waals surface area contributed by atoms with Crippen LogP contribution < -0.4 is 10.2 Å². The van der Waals surface area contributed by atoms with E-state index in [2.05, 4.69) is 25.1 Å². The highest BCUT2D eigenvalue weighted by molar-refractivity contribution is 5.94. The fraction of sp³-hybridized carbons (Fsp3) is 0.324. The summed E-state index contributed by atoms with van der Waals surface area (Å²) in [4.78, 5) is 25.9. The first kappa shape index (κ1) is 28.9. The molecular formula is C34H37N5O4. The van der Waals surface area contributed by atoms with Gasteiger partial charge in [0.15, 0.2) is 6.29 Å². The van der Waals surface area contributed by atoms with E-state index in [1.807, 2.05) is 72.8 Å². The van der Waals surface area contributed by atoms with Crippen LogP contribution in [0.15, 0.2) is 97.3 Å². The summed E-state index contributed by atoms with van der Waals surface area (Å²) >= 11 is 0. The van der Waals surface area contributed by atoms with Gasteiger partial charge in [0.25, 0.3) is 5.91 Å². The van der Waals surface area contributed by atoms with Crippen LogP contribution in [0.25, 0.3) is 0 Å². The van der Waals surface area contributed by atoms with Crippen LogP contribution >= 0.6 is 0 Å². The molecule has 43 heavy (non-hydrogen) atoms. The second-order valence-corrected chi connectivity index (χ2v) is 11.0. The van der Waals surface area contributed by atoms with Gasteiger partial charge in [0.1, 0.15) is 0 Å². The number of ether oxygens (including phenoxy) is 2. The second-order valence-electron chi connectivity index (χ2n) is 11.0. The molecule has 9 nitrogen and oxygen atoms in total. The predicted octanol–water partition coefficient (Wildman–Crippen LogP) is 4.27. The Kier molecular flexibility index (Phi) is 9.34. The number of piperazine rings is 1. The quantitative estimate of drug-likeness (QED) is 0.303. The van der Waals surface area contributed by atoms with Gasteiger partial charge in [-0.3, -0.25) is 9.69 Å². The number of nitrogens with zero attached hydrogens (tertiary/aromatic N) is 4. The maximum Gasteiger partial charge on any atom is 0.251 e. The number of hydrogen-bond donors (Lipinski definition) is 2. The van der Waals surface area contributed by atoms with E-state index in [0.29, 0.717) is 12.1 Å². The highest BCUT2D eigenvalue weighted by Gasteiger charge is 2.34. The van der Waals surface area contributed by atoms with Crippen molar-refractivity contribution in [3.05, 3.63) is 125 Å². The lowest BCUT2D eigenvalue weighted by Crippen LogP contribution is -2.50. The number of rotatable bonds is 9. The molecule has 4 aromatic rings. The summed E-state index contributed by atoms with van der Waals surface area (Å²) in [5.41, 5.74) is 4.52. The molecule has 2 aliphatic rings. The molecule has 2 saturated heterocycles. The molecule has 2 N–H and O–H groups in total. The number of carbonyl (C=O) groups is 1. The van der Waals surface area contributed by atoms with Gasteiger partial charge in [0, 0.05) is 69.2 Å². The minimum atomic E-state index is -0.520. The molecule has 0 saturated carbocycles. The number of nitrogens with one attached hydrogen (secondary N) is 1. The van der Waals surface area contributed by atoms with Gasteiger partial charge in [0.05, 0.1) is 18.8 Å². The third-order valence-corrected chi connectivity index (χ3v) is 8.02. The predicted molar refractivity (Wildman–Crippen MR) is 163 cm³/mol. The summed E-state index contributed by atoms with van der Waals surface area (Å²) in [6.45, 7) is 4.79. The van der Waals surface area contributed by atoms with Crippen LogP contribution in [0.4, 0.5) is 5.95 Å². The Hall–Kier alpha value is -4.15. The molecule has 3 aromatic carbocycles. The first-order valence-corrected chi connectivity index (χ1v) is 14.8. The smallest absolute Gasteiger partial charge is 0.251 e. The molecular weight excluding hydrogens is 542 g/mol. The van der Waals surface area contributed by atoms with Gasteiger partial charge in [-0.1, -0.05) is 66.7 Å². The van der Waals surface area contributed by atoms with Crippen molar-refractivity contribution in [1.29, 1.82) is 0 Å². The number of aliphatic hydroxyl groups is 1. The van der Waals surface area contributed by atoms with E-state index in [0.717, 1.165) is 67.3 Å². The van der Waals surface area contributed by atoms with Crippen LogP contribution in [0.1, 0.15) is 51.4 Å². The van der Waals surface area contributed by atoms with Gasteiger partial charge in [-0.15, -0.1) is 0 Å². The Bertz CT molecular complexity index is 1450. The summed E-state index contributed by atoms with van der Waals surface area (Å²) in [5.74, 6) is 0.678. The standard InChI is InChI=1S/C34H37N5O4/c40-24-26-9-11-27(12-10-26)31-21-30(23-38-17-19-39(20-18-38)34-35-15-4-16-36-34)42-33(43-31)29-13-7-25(8-14-29)22-37-32(41)28-5-2-1-3-6-28/h1-16,30-31,33,40H,17-24H2,(H,37,41)/t30-,31+,33+/m0/s1. The lowest BCUT2D eigenvalue weighted by atomic mass is 9.99. The summed E-state index contributed by atoms with van der Waals surface area (Å²) in [5, 5.41) is 12.5. The first-order chi connectivity index (χ1) is 21.1. The molecule has 9 heteroatoms. The summed E-state index contributed by atoms with van der Waals surface area (Å²) in [7, 11) is 0. The molecule has 6 rings (SSSR count). The Balaban J connectivity index is 1.11. The Labute approximate surface area is 252 Å². The van der Waals surface area contributed by atoms with E-state index in [1.165, 1.54) is 0 Å². The molecule has 222 valence electrons. The number of carbonyl (C=O) groups excluding carboxylic acids is 1. The summed E-state index contributed by atoms with van der Waals surface area (Å²) < 4.78 is 13.1. The van der Waals surface area contributed by atoms with Gasteiger partial charge in [-0.25, -0.2) is 9.97 Å². The van der Waals surface area contributed by atoms with Crippen molar-refractivity contribution in [3.8, 4) is 0 Å². The third-order valence-electron chi connectivity index (χ3n) is 8.02. The zero-order valence-electron chi connectivity index (χ0n) is 24.1. The number of hydrogen-bond acceptors (Lipinski definition) is 8. The molecule has 2 aliphatic heterocycles. The lowest BCUT2D eigenvalue weighted by molar-refractivity contribution is -0.253. The normalized spacial score (nSPS) is 21.0. The van der Waals surface area contributed by atoms with E-state index >= 15 is 0 Å². The lowest BCUT2D eigenvalue weighted by Gasteiger charge is -2.40. The fourth-order valence-corrected chi connectivity index (χ4v) is 5.57. The Morgan fingerprint density at radius 1 is 0.814 bits per heavy atom. The number of amides is 1. The van der Waals surface area contributed by atoms with Crippen LogP contribution in [-0.2, 0) is 22.6 Å². The Morgan fingerprint density at radius 2 is 1.49 bits per heavy atom. The van der Waals surface area contributed by atoms with Crippen LogP contribution in [0, 0.1) is 0 Å². The minimum absolute atomic E-state index is 0.0122. The molecule has 0 radical (unpaired) electrons. The molecule has 3 heterocycles. The monoisotopic (exact) mass is 579 g/mol.